The second kappa shape index (κ2) is 7.97. The van der Waals surface area contributed by atoms with Crippen LogP contribution in [0.15, 0.2) is 42.5 Å². The molecular formula is C25H27NO6. The van der Waals surface area contributed by atoms with Crippen LogP contribution in [0.4, 0.5) is 4.79 Å². The van der Waals surface area contributed by atoms with E-state index in [1.807, 2.05) is 20.8 Å². The summed E-state index contributed by atoms with van der Waals surface area (Å²) >= 11 is 0. The van der Waals surface area contributed by atoms with E-state index in [0.29, 0.717) is 48.4 Å². The predicted octanol–water partition coefficient (Wildman–Crippen LogP) is 4.79. The maximum Gasteiger partial charge on any atom is 0.410 e. The molecule has 1 spiro atoms. The van der Waals surface area contributed by atoms with Gasteiger partial charge in [-0.2, -0.15) is 0 Å². The summed E-state index contributed by atoms with van der Waals surface area (Å²) < 4.78 is 11.8. The second-order valence-corrected chi connectivity index (χ2v) is 9.41. The average molecular weight is 437 g/mol. The van der Waals surface area contributed by atoms with Gasteiger partial charge in [0.1, 0.15) is 17.0 Å². The standard InChI is InChI=1S/C25H27NO6/c1-24(2,3)32-23(30)26-12-10-25(11-13-26)15-20(27)19-14-16(8-9-21(19)31-25)17-6-4-5-7-18(17)22(28)29/h4-9,14H,10-13,15H2,1-3H3,(H,28,29). The lowest BCUT2D eigenvalue weighted by molar-refractivity contribution is -0.0226. The van der Waals surface area contributed by atoms with Crippen molar-refractivity contribution in [3.05, 3.63) is 53.6 Å². The first-order valence-corrected chi connectivity index (χ1v) is 10.7. The van der Waals surface area contributed by atoms with Crippen LogP contribution in [-0.2, 0) is 4.74 Å². The number of fused-ring (bicyclic) bond motifs is 1. The molecule has 1 saturated heterocycles. The summed E-state index contributed by atoms with van der Waals surface area (Å²) in [5.41, 5.74) is 0.671. The number of amides is 1. The van der Waals surface area contributed by atoms with Gasteiger partial charge < -0.3 is 19.5 Å². The molecule has 4 rings (SSSR count). The first-order chi connectivity index (χ1) is 15.1. The molecule has 0 saturated carbocycles. The number of carbonyl (C=O) groups is 3. The maximum absolute atomic E-state index is 13.1. The van der Waals surface area contributed by atoms with Crippen molar-refractivity contribution < 1.29 is 29.0 Å². The zero-order valence-electron chi connectivity index (χ0n) is 18.5. The Morgan fingerprint density at radius 1 is 1.06 bits per heavy atom. The van der Waals surface area contributed by atoms with E-state index >= 15 is 0 Å². The van der Waals surface area contributed by atoms with Crippen LogP contribution >= 0.6 is 0 Å². The number of hydrogen-bond donors (Lipinski definition) is 1. The average Bonchev–Trinajstić information content (AvgIpc) is 2.73. The van der Waals surface area contributed by atoms with Gasteiger partial charge in [0.25, 0.3) is 0 Å². The lowest BCUT2D eigenvalue weighted by atomic mass is 9.82. The molecule has 2 aromatic rings. The van der Waals surface area contributed by atoms with E-state index < -0.39 is 17.2 Å². The number of rotatable bonds is 2. The normalized spacial score (nSPS) is 17.5. The van der Waals surface area contributed by atoms with Crippen molar-refractivity contribution in [2.45, 2.75) is 51.2 Å². The predicted molar refractivity (Wildman–Crippen MR) is 118 cm³/mol. The Morgan fingerprint density at radius 2 is 1.75 bits per heavy atom. The third kappa shape index (κ3) is 4.33. The van der Waals surface area contributed by atoms with Crippen molar-refractivity contribution in [1.82, 2.24) is 4.90 Å². The topological polar surface area (TPSA) is 93.1 Å². The number of carboxylic acid groups (broad SMARTS) is 1. The number of Topliss-reactive ketones (excluding diaryl/α,β-unsaturated/α-hetero) is 1. The van der Waals surface area contributed by atoms with Gasteiger partial charge in [-0.15, -0.1) is 0 Å². The number of aromatic carboxylic acids is 1. The van der Waals surface area contributed by atoms with Crippen LogP contribution in [0, 0.1) is 0 Å². The van der Waals surface area contributed by atoms with Gasteiger partial charge in [-0.05, 0) is 50.1 Å². The van der Waals surface area contributed by atoms with E-state index in [0.717, 1.165) is 0 Å². The number of carboxylic acids is 1. The van der Waals surface area contributed by atoms with Crippen molar-refractivity contribution in [3.8, 4) is 16.9 Å². The number of ether oxygens (including phenoxy) is 2. The number of nitrogens with zero attached hydrogens (tertiary/aromatic N) is 1. The van der Waals surface area contributed by atoms with E-state index in [1.165, 1.54) is 0 Å². The Morgan fingerprint density at radius 3 is 2.41 bits per heavy atom. The summed E-state index contributed by atoms with van der Waals surface area (Å²) in [7, 11) is 0. The molecule has 1 fully saturated rings. The van der Waals surface area contributed by atoms with Crippen LogP contribution < -0.4 is 4.74 Å². The molecule has 32 heavy (non-hydrogen) atoms. The van der Waals surface area contributed by atoms with Gasteiger partial charge in [0, 0.05) is 25.9 Å². The van der Waals surface area contributed by atoms with Gasteiger partial charge in [-0.25, -0.2) is 9.59 Å². The largest absolute Gasteiger partial charge is 0.486 e. The molecule has 0 radical (unpaired) electrons. The van der Waals surface area contributed by atoms with E-state index in [4.69, 9.17) is 9.47 Å². The monoisotopic (exact) mass is 437 g/mol. The molecule has 0 unspecified atom stereocenters. The molecule has 0 atom stereocenters. The number of hydrogen-bond acceptors (Lipinski definition) is 5. The molecule has 2 aliphatic rings. The molecule has 0 bridgehead atoms. The van der Waals surface area contributed by atoms with Crippen molar-refractivity contribution in [1.29, 1.82) is 0 Å². The summed E-state index contributed by atoms with van der Waals surface area (Å²) in [4.78, 5) is 38.6. The zero-order valence-corrected chi connectivity index (χ0v) is 18.5. The Bertz CT molecular complexity index is 1080. The number of carbonyl (C=O) groups excluding carboxylic acids is 2. The van der Waals surface area contributed by atoms with Crippen molar-refractivity contribution >= 4 is 17.8 Å². The third-order valence-corrected chi connectivity index (χ3v) is 5.88. The van der Waals surface area contributed by atoms with Gasteiger partial charge in [-0.3, -0.25) is 4.79 Å². The van der Waals surface area contributed by atoms with Crippen molar-refractivity contribution in [3.63, 3.8) is 0 Å². The fourth-order valence-electron chi connectivity index (χ4n) is 4.29. The molecule has 7 heteroatoms. The Hall–Kier alpha value is -3.35. The minimum Gasteiger partial charge on any atom is -0.486 e. The number of benzene rings is 2. The first kappa shape index (κ1) is 21.9. The maximum atomic E-state index is 13.1. The summed E-state index contributed by atoms with van der Waals surface area (Å²) in [5.74, 6) is -0.549. The summed E-state index contributed by atoms with van der Waals surface area (Å²) in [6.07, 6.45) is 0.963. The van der Waals surface area contributed by atoms with Crippen LogP contribution in [0.1, 0.15) is 60.7 Å². The van der Waals surface area contributed by atoms with Crippen LogP contribution in [-0.4, -0.2) is 52.1 Å². The lowest BCUT2D eigenvalue weighted by Crippen LogP contribution is -2.52. The van der Waals surface area contributed by atoms with Crippen molar-refractivity contribution in [2.75, 3.05) is 13.1 Å². The first-order valence-electron chi connectivity index (χ1n) is 10.7. The highest BCUT2D eigenvalue weighted by molar-refractivity contribution is 6.02. The van der Waals surface area contributed by atoms with Gasteiger partial charge in [0.05, 0.1) is 17.5 Å². The third-order valence-electron chi connectivity index (χ3n) is 5.88. The molecule has 0 aromatic heterocycles. The van der Waals surface area contributed by atoms with E-state index in [1.54, 1.807) is 47.4 Å². The number of ketones is 1. The van der Waals surface area contributed by atoms with Gasteiger partial charge in [-0.1, -0.05) is 24.3 Å². The molecule has 2 heterocycles. The highest BCUT2D eigenvalue weighted by Crippen LogP contribution is 2.41. The molecule has 1 amide bonds. The molecule has 1 N–H and O–H groups in total. The minimum atomic E-state index is -1.02. The SMILES string of the molecule is CC(C)(C)OC(=O)N1CCC2(CC1)CC(=O)c1cc(-c3ccccc3C(=O)O)ccc1O2. The van der Waals surface area contributed by atoms with E-state index in [9.17, 15) is 19.5 Å². The summed E-state index contributed by atoms with van der Waals surface area (Å²) in [6.45, 7) is 6.42. The Labute approximate surface area is 186 Å². The van der Waals surface area contributed by atoms with Gasteiger partial charge in [0.2, 0.25) is 0 Å². The fraction of sp³-hybridized carbons (Fsp3) is 0.400. The molecule has 2 aliphatic heterocycles. The molecular weight excluding hydrogens is 410 g/mol. The molecule has 168 valence electrons. The molecule has 0 aliphatic carbocycles. The van der Waals surface area contributed by atoms with Crippen molar-refractivity contribution in [2.24, 2.45) is 0 Å². The van der Waals surface area contributed by atoms with E-state index in [2.05, 4.69) is 0 Å². The van der Waals surface area contributed by atoms with Crippen LogP contribution in [0.2, 0.25) is 0 Å². The zero-order chi connectivity index (χ0) is 23.1. The summed E-state index contributed by atoms with van der Waals surface area (Å²) in [6, 6.07) is 11.9. The quantitative estimate of drug-likeness (QED) is 0.726. The van der Waals surface area contributed by atoms with E-state index in [-0.39, 0.29) is 23.9 Å². The second-order valence-electron chi connectivity index (χ2n) is 9.41. The van der Waals surface area contributed by atoms with Gasteiger partial charge in [0.15, 0.2) is 5.78 Å². The number of piperidine rings is 1. The Balaban J connectivity index is 1.53. The summed E-state index contributed by atoms with van der Waals surface area (Å²) in [5, 5.41) is 9.48. The molecule has 2 aromatic carbocycles. The smallest absolute Gasteiger partial charge is 0.410 e. The number of likely N-dealkylation sites (tertiary alicyclic amines) is 1. The highest BCUT2D eigenvalue weighted by Gasteiger charge is 2.44. The van der Waals surface area contributed by atoms with Crippen LogP contribution in [0.5, 0.6) is 5.75 Å². The minimum absolute atomic E-state index is 0.0355. The molecule has 7 nitrogen and oxygen atoms in total. The highest BCUT2D eigenvalue weighted by atomic mass is 16.6. The Kier molecular flexibility index (Phi) is 5.44. The fourth-order valence-corrected chi connectivity index (χ4v) is 4.29. The van der Waals surface area contributed by atoms with Crippen LogP contribution in [0.25, 0.3) is 11.1 Å². The van der Waals surface area contributed by atoms with Crippen LogP contribution in [0.3, 0.4) is 0 Å². The van der Waals surface area contributed by atoms with Gasteiger partial charge >= 0.3 is 12.1 Å². The lowest BCUT2D eigenvalue weighted by Gasteiger charge is -2.44.